The van der Waals surface area contributed by atoms with Crippen LogP contribution in [0.3, 0.4) is 0 Å². The molecule has 0 amide bonds. The van der Waals surface area contributed by atoms with Gasteiger partial charge in [0, 0.05) is 12.6 Å². The molecule has 6 heteroatoms. The summed E-state index contributed by atoms with van der Waals surface area (Å²) in [6.45, 7) is 6.96. The number of nitrogens with two attached hydrogens (primary N) is 2. The highest BCUT2D eigenvalue weighted by Crippen LogP contribution is 2.30. The van der Waals surface area contributed by atoms with E-state index in [1.165, 1.54) is 6.07 Å². The number of nitrogens with zero attached hydrogens (tertiary/aromatic N) is 1. The van der Waals surface area contributed by atoms with Crippen LogP contribution in [0.5, 0.6) is 0 Å². The Balaban J connectivity index is 3.33. The van der Waals surface area contributed by atoms with Crippen LogP contribution in [0.15, 0.2) is 23.1 Å². The average molecular weight is 271 g/mol. The van der Waals surface area contributed by atoms with Crippen molar-refractivity contribution in [1.29, 1.82) is 0 Å². The smallest absolute Gasteiger partial charge is 0.240 e. The van der Waals surface area contributed by atoms with E-state index in [0.717, 1.165) is 18.7 Å². The fraction of sp³-hybridized carbons (Fsp3) is 0.500. The van der Waals surface area contributed by atoms with Crippen molar-refractivity contribution >= 4 is 21.4 Å². The lowest BCUT2D eigenvalue weighted by molar-refractivity contribution is 0.598. The molecule has 1 aromatic carbocycles. The van der Waals surface area contributed by atoms with Crippen molar-refractivity contribution in [2.24, 2.45) is 5.14 Å². The third-order valence-corrected chi connectivity index (χ3v) is 3.72. The minimum Gasteiger partial charge on any atom is -0.396 e. The van der Waals surface area contributed by atoms with Crippen molar-refractivity contribution in [3.63, 3.8) is 0 Å². The van der Waals surface area contributed by atoms with Gasteiger partial charge in [-0.2, -0.15) is 0 Å². The molecule has 0 saturated carbocycles. The molecule has 18 heavy (non-hydrogen) atoms. The van der Waals surface area contributed by atoms with E-state index in [9.17, 15) is 8.42 Å². The second-order valence-electron chi connectivity index (χ2n) is 4.52. The van der Waals surface area contributed by atoms with E-state index in [2.05, 4.69) is 11.8 Å². The Morgan fingerprint density at radius 2 is 1.94 bits per heavy atom. The van der Waals surface area contributed by atoms with Crippen molar-refractivity contribution in [2.75, 3.05) is 17.2 Å². The Hall–Kier alpha value is -1.27. The van der Waals surface area contributed by atoms with Gasteiger partial charge in [-0.25, -0.2) is 13.6 Å². The van der Waals surface area contributed by atoms with Crippen LogP contribution in [0, 0.1) is 0 Å². The van der Waals surface area contributed by atoms with E-state index in [4.69, 9.17) is 10.9 Å². The normalized spacial score (nSPS) is 11.8. The van der Waals surface area contributed by atoms with Crippen LogP contribution in [0.4, 0.5) is 11.4 Å². The van der Waals surface area contributed by atoms with Crippen molar-refractivity contribution in [3.8, 4) is 0 Å². The summed E-state index contributed by atoms with van der Waals surface area (Å²) < 4.78 is 22.9. The van der Waals surface area contributed by atoms with Gasteiger partial charge in [0.15, 0.2) is 0 Å². The zero-order chi connectivity index (χ0) is 13.9. The lowest BCUT2D eigenvalue weighted by Crippen LogP contribution is -2.32. The highest BCUT2D eigenvalue weighted by Gasteiger charge is 2.19. The minimum absolute atomic E-state index is 0.0123. The monoisotopic (exact) mass is 271 g/mol. The number of hydrogen-bond acceptors (Lipinski definition) is 4. The van der Waals surface area contributed by atoms with Gasteiger partial charge in [-0.1, -0.05) is 13.0 Å². The number of sulfonamides is 1. The van der Waals surface area contributed by atoms with Crippen molar-refractivity contribution in [2.45, 2.75) is 38.1 Å². The van der Waals surface area contributed by atoms with Crippen LogP contribution in [0.25, 0.3) is 0 Å². The number of primary sulfonamides is 1. The van der Waals surface area contributed by atoms with Gasteiger partial charge in [0.05, 0.1) is 11.4 Å². The second kappa shape index (κ2) is 5.58. The molecule has 1 rings (SSSR count). The first-order valence-electron chi connectivity index (χ1n) is 5.97. The first-order chi connectivity index (χ1) is 8.29. The summed E-state index contributed by atoms with van der Waals surface area (Å²) in [4.78, 5) is 2.06. The molecule has 0 bridgehead atoms. The van der Waals surface area contributed by atoms with Gasteiger partial charge in [-0.15, -0.1) is 0 Å². The van der Waals surface area contributed by atoms with E-state index in [0.29, 0.717) is 0 Å². The molecule has 0 unspecified atom stereocenters. The van der Waals surface area contributed by atoms with Crippen molar-refractivity contribution < 1.29 is 8.42 Å². The number of hydrogen-bond donors (Lipinski definition) is 2. The fourth-order valence-electron chi connectivity index (χ4n) is 1.93. The van der Waals surface area contributed by atoms with Gasteiger partial charge >= 0.3 is 0 Å². The molecule has 102 valence electrons. The Labute approximate surface area is 109 Å². The van der Waals surface area contributed by atoms with Crippen LogP contribution in [0.2, 0.25) is 0 Å². The molecular weight excluding hydrogens is 250 g/mol. The quantitative estimate of drug-likeness (QED) is 0.795. The molecule has 0 atom stereocenters. The summed E-state index contributed by atoms with van der Waals surface area (Å²) in [6, 6.07) is 5.15. The molecule has 0 aliphatic carbocycles. The third kappa shape index (κ3) is 3.14. The first kappa shape index (κ1) is 14.8. The van der Waals surface area contributed by atoms with Gasteiger partial charge in [0.1, 0.15) is 4.90 Å². The summed E-state index contributed by atoms with van der Waals surface area (Å²) in [5.41, 5.74) is 6.88. The maximum Gasteiger partial charge on any atom is 0.240 e. The lowest BCUT2D eigenvalue weighted by Gasteiger charge is -2.30. The second-order valence-corrected chi connectivity index (χ2v) is 6.05. The van der Waals surface area contributed by atoms with Crippen molar-refractivity contribution in [1.82, 2.24) is 0 Å². The molecule has 0 heterocycles. The average Bonchev–Trinajstić information content (AvgIpc) is 2.24. The summed E-state index contributed by atoms with van der Waals surface area (Å²) >= 11 is 0. The Bertz CT molecular complexity index is 512. The molecule has 0 spiro atoms. The molecule has 1 aromatic rings. The molecule has 0 aliphatic heterocycles. The van der Waals surface area contributed by atoms with Gasteiger partial charge < -0.3 is 10.6 Å². The molecule has 4 N–H and O–H groups in total. The Morgan fingerprint density at radius 1 is 1.33 bits per heavy atom. The summed E-state index contributed by atoms with van der Waals surface area (Å²) in [5.74, 6) is 0. The summed E-state index contributed by atoms with van der Waals surface area (Å²) in [7, 11) is -3.78. The van der Waals surface area contributed by atoms with Crippen LogP contribution < -0.4 is 15.8 Å². The number of para-hydroxylation sites is 1. The molecule has 0 radical (unpaired) electrons. The molecule has 0 saturated heterocycles. The van der Waals surface area contributed by atoms with Gasteiger partial charge in [0.2, 0.25) is 10.0 Å². The van der Waals surface area contributed by atoms with E-state index >= 15 is 0 Å². The van der Waals surface area contributed by atoms with E-state index in [1.54, 1.807) is 6.07 Å². The predicted octanol–water partition coefficient (Wildman–Crippen LogP) is 1.54. The Morgan fingerprint density at radius 3 is 2.39 bits per heavy atom. The highest BCUT2D eigenvalue weighted by molar-refractivity contribution is 7.89. The van der Waals surface area contributed by atoms with E-state index in [1.807, 2.05) is 19.9 Å². The maximum absolute atomic E-state index is 11.4. The maximum atomic E-state index is 11.4. The standard InChI is InChI=1S/C12H21N3O2S/c1-4-8-15(9(2)3)10-6-5-7-11(12(10)13)18(14,16)17/h5-7,9H,4,8,13H2,1-3H3,(H2,14,16,17). The van der Waals surface area contributed by atoms with Crippen LogP contribution in [0.1, 0.15) is 27.2 Å². The summed E-state index contributed by atoms with van der Waals surface area (Å²) in [5, 5.41) is 5.15. The molecule has 5 nitrogen and oxygen atoms in total. The number of nitrogen functional groups attached to an aromatic ring is 1. The largest absolute Gasteiger partial charge is 0.396 e. The number of rotatable bonds is 5. The SMILES string of the molecule is CCCN(c1cccc(S(N)(=O)=O)c1N)C(C)C. The highest BCUT2D eigenvalue weighted by atomic mass is 32.2. The zero-order valence-electron chi connectivity index (χ0n) is 11.1. The van der Waals surface area contributed by atoms with Gasteiger partial charge in [-0.3, -0.25) is 0 Å². The molecule has 0 aromatic heterocycles. The third-order valence-electron chi connectivity index (χ3n) is 2.75. The van der Waals surface area contributed by atoms with E-state index < -0.39 is 10.0 Å². The van der Waals surface area contributed by atoms with Crippen LogP contribution >= 0.6 is 0 Å². The van der Waals surface area contributed by atoms with Gasteiger partial charge in [-0.05, 0) is 32.4 Å². The Kier molecular flexibility index (Phi) is 4.59. The van der Waals surface area contributed by atoms with Gasteiger partial charge in [0.25, 0.3) is 0 Å². The van der Waals surface area contributed by atoms with Crippen LogP contribution in [-0.2, 0) is 10.0 Å². The van der Waals surface area contributed by atoms with Crippen molar-refractivity contribution in [3.05, 3.63) is 18.2 Å². The summed E-state index contributed by atoms with van der Waals surface area (Å²) in [6.07, 6.45) is 0.956. The van der Waals surface area contributed by atoms with E-state index in [-0.39, 0.29) is 16.6 Å². The fourth-order valence-corrected chi connectivity index (χ4v) is 2.61. The number of benzene rings is 1. The topological polar surface area (TPSA) is 89.4 Å². The predicted molar refractivity (Wildman–Crippen MR) is 75.0 cm³/mol. The van der Waals surface area contributed by atoms with Crippen LogP contribution in [-0.4, -0.2) is 21.0 Å². The number of anilines is 2. The lowest BCUT2D eigenvalue weighted by atomic mass is 10.2. The zero-order valence-corrected chi connectivity index (χ0v) is 11.9. The first-order valence-corrected chi connectivity index (χ1v) is 7.51. The molecular formula is C12H21N3O2S. The molecule has 0 fully saturated rings. The minimum atomic E-state index is -3.78. The molecule has 0 aliphatic rings.